The Morgan fingerprint density at radius 1 is 1.38 bits per heavy atom. The average molecular weight is 283 g/mol. The zero-order valence-electron chi connectivity index (χ0n) is 11.9. The molecule has 0 aliphatic heterocycles. The lowest BCUT2D eigenvalue weighted by Gasteiger charge is -2.06. The monoisotopic (exact) mass is 283 g/mol. The standard InChI is InChI=1S/C16H17N3O2/c1-10(11-6-7-11)8-15(20)21-9-14-18-13-5-3-2-4-12(13)16(17)19-14/h2-5,8,11H,6-7,9H2,1H3,(H2,17,18,19). The first kappa shape index (κ1) is 13.5. The predicted octanol–water partition coefficient (Wildman–Crippen LogP) is 2.61. The number of nitrogens with two attached hydrogens (primary N) is 1. The highest BCUT2D eigenvalue weighted by Crippen LogP contribution is 2.35. The minimum Gasteiger partial charge on any atom is -0.454 e. The molecule has 2 aromatic rings. The van der Waals surface area contributed by atoms with Crippen molar-refractivity contribution in [3.8, 4) is 0 Å². The lowest BCUT2D eigenvalue weighted by molar-refractivity contribution is -0.139. The Morgan fingerprint density at radius 2 is 2.14 bits per heavy atom. The number of hydrogen-bond donors (Lipinski definition) is 1. The quantitative estimate of drug-likeness (QED) is 0.689. The molecule has 0 bridgehead atoms. The van der Waals surface area contributed by atoms with Crippen molar-refractivity contribution < 1.29 is 9.53 Å². The average Bonchev–Trinajstić information content (AvgIpc) is 3.30. The predicted molar refractivity (Wildman–Crippen MR) is 80.2 cm³/mol. The van der Waals surface area contributed by atoms with Crippen LogP contribution < -0.4 is 5.73 Å². The molecule has 1 saturated carbocycles. The largest absolute Gasteiger partial charge is 0.454 e. The van der Waals surface area contributed by atoms with Crippen molar-refractivity contribution in [2.45, 2.75) is 26.4 Å². The van der Waals surface area contributed by atoms with Crippen molar-refractivity contribution in [3.05, 3.63) is 41.7 Å². The fraction of sp³-hybridized carbons (Fsp3) is 0.312. The van der Waals surface area contributed by atoms with Crippen LogP contribution in [0.25, 0.3) is 10.9 Å². The van der Waals surface area contributed by atoms with Crippen LogP contribution in [-0.2, 0) is 16.1 Å². The first-order valence-corrected chi connectivity index (χ1v) is 6.99. The Labute approximate surface area is 122 Å². The number of rotatable bonds is 4. The number of ether oxygens (including phenoxy) is 1. The Bertz CT molecular complexity index is 721. The molecular formula is C16H17N3O2. The highest BCUT2D eigenvalue weighted by atomic mass is 16.5. The normalized spacial score (nSPS) is 15.2. The molecule has 1 heterocycles. The number of nitrogen functional groups attached to an aromatic ring is 1. The summed E-state index contributed by atoms with van der Waals surface area (Å²) in [4.78, 5) is 20.2. The Kier molecular flexibility index (Phi) is 3.56. The number of fused-ring (bicyclic) bond motifs is 1. The molecule has 21 heavy (non-hydrogen) atoms. The van der Waals surface area contributed by atoms with E-state index in [1.165, 1.54) is 12.8 Å². The minimum atomic E-state index is -0.352. The smallest absolute Gasteiger partial charge is 0.331 e. The van der Waals surface area contributed by atoms with Gasteiger partial charge >= 0.3 is 5.97 Å². The van der Waals surface area contributed by atoms with Crippen molar-refractivity contribution in [1.82, 2.24) is 9.97 Å². The Morgan fingerprint density at radius 3 is 2.90 bits per heavy atom. The molecule has 3 rings (SSSR count). The molecule has 0 amide bonds. The third-order valence-electron chi connectivity index (χ3n) is 3.59. The fourth-order valence-electron chi connectivity index (χ4n) is 2.24. The summed E-state index contributed by atoms with van der Waals surface area (Å²) in [7, 11) is 0. The number of carbonyl (C=O) groups excluding carboxylic acids is 1. The third-order valence-corrected chi connectivity index (χ3v) is 3.59. The summed E-state index contributed by atoms with van der Waals surface area (Å²) in [6, 6.07) is 7.48. The van der Waals surface area contributed by atoms with Crippen molar-refractivity contribution >= 4 is 22.7 Å². The van der Waals surface area contributed by atoms with Gasteiger partial charge in [0.25, 0.3) is 0 Å². The summed E-state index contributed by atoms with van der Waals surface area (Å²) in [6.07, 6.45) is 3.89. The highest BCUT2D eigenvalue weighted by Gasteiger charge is 2.23. The SMILES string of the molecule is CC(=CC(=O)OCc1nc(N)c2ccccc2n1)C1CC1. The van der Waals surface area contributed by atoms with Gasteiger partial charge in [-0.25, -0.2) is 14.8 Å². The molecule has 1 aliphatic rings. The molecule has 108 valence electrons. The molecule has 0 radical (unpaired) electrons. The van der Waals surface area contributed by atoms with Gasteiger partial charge in [0.2, 0.25) is 0 Å². The van der Waals surface area contributed by atoms with E-state index in [-0.39, 0.29) is 12.6 Å². The number of allylic oxidation sites excluding steroid dienone is 1. The van der Waals surface area contributed by atoms with E-state index < -0.39 is 0 Å². The van der Waals surface area contributed by atoms with Crippen molar-refractivity contribution in [2.24, 2.45) is 5.92 Å². The third kappa shape index (κ3) is 3.18. The van der Waals surface area contributed by atoms with Crippen LogP contribution in [0.5, 0.6) is 0 Å². The number of nitrogens with zero attached hydrogens (tertiary/aromatic N) is 2. The van der Waals surface area contributed by atoms with Gasteiger partial charge in [-0.3, -0.25) is 0 Å². The second-order valence-electron chi connectivity index (χ2n) is 5.31. The molecular weight excluding hydrogens is 266 g/mol. The second kappa shape index (κ2) is 5.52. The van der Waals surface area contributed by atoms with Crippen molar-refractivity contribution in [2.75, 3.05) is 5.73 Å². The van der Waals surface area contributed by atoms with Gasteiger partial charge in [0.1, 0.15) is 5.82 Å². The number of para-hydroxylation sites is 1. The van der Waals surface area contributed by atoms with E-state index in [2.05, 4.69) is 9.97 Å². The van der Waals surface area contributed by atoms with E-state index in [1.807, 2.05) is 31.2 Å². The van der Waals surface area contributed by atoms with Gasteiger partial charge in [0.05, 0.1) is 5.52 Å². The summed E-state index contributed by atoms with van der Waals surface area (Å²) in [5.41, 5.74) is 7.72. The number of hydrogen-bond acceptors (Lipinski definition) is 5. The van der Waals surface area contributed by atoms with E-state index in [0.717, 1.165) is 16.5 Å². The van der Waals surface area contributed by atoms with Crippen LogP contribution in [0, 0.1) is 5.92 Å². The van der Waals surface area contributed by atoms with Crippen LogP contribution in [0.3, 0.4) is 0 Å². The molecule has 1 aromatic heterocycles. The molecule has 0 spiro atoms. The topological polar surface area (TPSA) is 78.1 Å². The molecule has 0 saturated heterocycles. The first-order chi connectivity index (χ1) is 10.1. The molecule has 5 nitrogen and oxygen atoms in total. The molecule has 0 atom stereocenters. The van der Waals surface area contributed by atoms with Gasteiger partial charge < -0.3 is 10.5 Å². The van der Waals surface area contributed by atoms with Gasteiger partial charge in [0, 0.05) is 11.5 Å². The van der Waals surface area contributed by atoms with Crippen LogP contribution in [0.2, 0.25) is 0 Å². The maximum Gasteiger partial charge on any atom is 0.331 e. The maximum absolute atomic E-state index is 11.7. The summed E-state index contributed by atoms with van der Waals surface area (Å²) in [5.74, 6) is 1.02. The van der Waals surface area contributed by atoms with Gasteiger partial charge in [-0.05, 0) is 37.8 Å². The Balaban J connectivity index is 1.70. The van der Waals surface area contributed by atoms with E-state index in [0.29, 0.717) is 17.6 Å². The number of carbonyl (C=O) groups is 1. The van der Waals surface area contributed by atoms with Gasteiger partial charge in [0.15, 0.2) is 12.4 Å². The number of aromatic nitrogens is 2. The number of benzene rings is 1. The molecule has 2 N–H and O–H groups in total. The lowest BCUT2D eigenvalue weighted by Crippen LogP contribution is -2.07. The van der Waals surface area contributed by atoms with Crippen molar-refractivity contribution in [3.63, 3.8) is 0 Å². The van der Waals surface area contributed by atoms with Gasteiger partial charge in [-0.1, -0.05) is 17.7 Å². The van der Waals surface area contributed by atoms with Crippen LogP contribution in [0.15, 0.2) is 35.9 Å². The number of anilines is 1. The lowest BCUT2D eigenvalue weighted by atomic mass is 10.2. The summed E-state index contributed by atoms with van der Waals surface area (Å²) < 4.78 is 5.18. The van der Waals surface area contributed by atoms with Gasteiger partial charge in [-0.2, -0.15) is 0 Å². The second-order valence-corrected chi connectivity index (χ2v) is 5.31. The molecule has 5 heteroatoms. The molecule has 1 aliphatic carbocycles. The van der Waals surface area contributed by atoms with Crippen LogP contribution in [0.4, 0.5) is 5.82 Å². The molecule has 1 fully saturated rings. The fourth-order valence-corrected chi connectivity index (χ4v) is 2.24. The maximum atomic E-state index is 11.7. The van der Waals surface area contributed by atoms with E-state index in [4.69, 9.17) is 10.5 Å². The minimum absolute atomic E-state index is 0.0301. The molecule has 1 aromatic carbocycles. The van der Waals surface area contributed by atoms with E-state index in [1.54, 1.807) is 6.08 Å². The van der Waals surface area contributed by atoms with E-state index in [9.17, 15) is 4.79 Å². The van der Waals surface area contributed by atoms with Crippen LogP contribution in [-0.4, -0.2) is 15.9 Å². The summed E-state index contributed by atoms with van der Waals surface area (Å²) in [6.45, 7) is 1.99. The van der Waals surface area contributed by atoms with Crippen LogP contribution in [0.1, 0.15) is 25.6 Å². The summed E-state index contributed by atoms with van der Waals surface area (Å²) in [5, 5.41) is 0.803. The first-order valence-electron chi connectivity index (χ1n) is 6.99. The highest BCUT2D eigenvalue weighted by molar-refractivity contribution is 5.87. The Hall–Kier alpha value is -2.43. The molecule has 0 unspecified atom stereocenters. The van der Waals surface area contributed by atoms with Crippen LogP contribution >= 0.6 is 0 Å². The van der Waals surface area contributed by atoms with Crippen molar-refractivity contribution in [1.29, 1.82) is 0 Å². The van der Waals surface area contributed by atoms with E-state index >= 15 is 0 Å². The zero-order chi connectivity index (χ0) is 14.8. The zero-order valence-corrected chi connectivity index (χ0v) is 11.9. The summed E-state index contributed by atoms with van der Waals surface area (Å²) >= 11 is 0. The van der Waals surface area contributed by atoms with Gasteiger partial charge in [-0.15, -0.1) is 0 Å². The number of esters is 1.